The lowest BCUT2D eigenvalue weighted by Gasteiger charge is -2.17. The second-order valence-electron chi connectivity index (χ2n) is 6.73. The van der Waals surface area contributed by atoms with Crippen LogP contribution in [-0.2, 0) is 21.4 Å². The van der Waals surface area contributed by atoms with Gasteiger partial charge in [-0.1, -0.05) is 6.07 Å². The van der Waals surface area contributed by atoms with Crippen LogP contribution in [-0.4, -0.2) is 37.2 Å². The molecule has 1 amide bonds. The highest BCUT2D eigenvalue weighted by Gasteiger charge is 2.23. The van der Waals surface area contributed by atoms with E-state index in [-0.39, 0.29) is 17.2 Å². The standard InChI is InChI=1S/C22H19FN4O4S/c1-27(32(29,30)19-7-4-16(12-24)5-8-19)15-22(28)26-13-17-6-9-21(20(23)11-17)31-18-3-2-10-25-14-18/h2-11,14H,13,15H2,1H3,(H,26,28). The molecule has 0 radical (unpaired) electrons. The average Bonchev–Trinajstić information content (AvgIpc) is 2.80. The Kier molecular flexibility index (Phi) is 7.14. The monoisotopic (exact) mass is 454 g/mol. The van der Waals surface area contributed by atoms with E-state index in [0.717, 1.165) is 4.31 Å². The first-order valence-corrected chi connectivity index (χ1v) is 10.8. The van der Waals surface area contributed by atoms with E-state index in [1.807, 2.05) is 6.07 Å². The maximum absolute atomic E-state index is 14.3. The van der Waals surface area contributed by atoms with Crippen molar-refractivity contribution >= 4 is 15.9 Å². The highest BCUT2D eigenvalue weighted by molar-refractivity contribution is 7.89. The molecule has 0 bridgehead atoms. The fourth-order valence-electron chi connectivity index (χ4n) is 2.70. The molecule has 0 aliphatic heterocycles. The highest BCUT2D eigenvalue weighted by Crippen LogP contribution is 2.24. The van der Waals surface area contributed by atoms with Gasteiger partial charge in [-0.3, -0.25) is 9.78 Å². The third-order valence-electron chi connectivity index (χ3n) is 4.41. The second kappa shape index (κ2) is 10.00. The lowest BCUT2D eigenvalue weighted by molar-refractivity contribution is -0.121. The summed E-state index contributed by atoms with van der Waals surface area (Å²) in [4.78, 5) is 16.1. The number of nitrogens with zero attached hydrogens (tertiary/aromatic N) is 3. The Bertz CT molecular complexity index is 1240. The summed E-state index contributed by atoms with van der Waals surface area (Å²) in [5.74, 6) is -0.762. The van der Waals surface area contributed by atoms with Gasteiger partial charge in [-0.25, -0.2) is 12.8 Å². The third-order valence-corrected chi connectivity index (χ3v) is 6.22. The van der Waals surface area contributed by atoms with Crippen molar-refractivity contribution in [3.63, 3.8) is 0 Å². The third kappa shape index (κ3) is 5.66. The molecule has 0 saturated carbocycles. The topological polar surface area (TPSA) is 112 Å². The van der Waals surface area contributed by atoms with Gasteiger partial charge in [0.1, 0.15) is 5.75 Å². The Morgan fingerprint density at radius 2 is 1.97 bits per heavy atom. The number of amides is 1. The van der Waals surface area contributed by atoms with Crippen molar-refractivity contribution in [1.29, 1.82) is 5.26 Å². The van der Waals surface area contributed by atoms with Crippen LogP contribution in [0.15, 0.2) is 71.9 Å². The zero-order valence-corrected chi connectivity index (χ0v) is 17.8. The van der Waals surface area contributed by atoms with Gasteiger partial charge >= 0.3 is 0 Å². The summed E-state index contributed by atoms with van der Waals surface area (Å²) in [5, 5.41) is 11.4. The number of rotatable bonds is 8. The predicted octanol–water partition coefficient (Wildman–Crippen LogP) is 2.82. The summed E-state index contributed by atoms with van der Waals surface area (Å²) >= 11 is 0. The number of likely N-dealkylation sites (N-methyl/N-ethyl adjacent to an activating group) is 1. The van der Waals surface area contributed by atoms with Gasteiger partial charge in [0.05, 0.1) is 29.3 Å². The molecular weight excluding hydrogens is 435 g/mol. The van der Waals surface area contributed by atoms with Crippen LogP contribution >= 0.6 is 0 Å². The molecule has 0 aliphatic rings. The number of carbonyl (C=O) groups is 1. The smallest absolute Gasteiger partial charge is 0.243 e. The van der Waals surface area contributed by atoms with Gasteiger partial charge in [-0.15, -0.1) is 0 Å². The fourth-order valence-corrected chi connectivity index (χ4v) is 3.82. The van der Waals surface area contributed by atoms with Gasteiger partial charge in [-0.2, -0.15) is 9.57 Å². The van der Waals surface area contributed by atoms with Gasteiger partial charge in [0.15, 0.2) is 11.6 Å². The van der Waals surface area contributed by atoms with Crippen LogP contribution in [0.5, 0.6) is 11.5 Å². The molecule has 0 saturated heterocycles. The van der Waals surface area contributed by atoms with Crippen LogP contribution in [0, 0.1) is 17.1 Å². The summed E-state index contributed by atoms with van der Waals surface area (Å²) in [6.07, 6.45) is 3.03. The highest BCUT2D eigenvalue weighted by atomic mass is 32.2. The van der Waals surface area contributed by atoms with Crippen molar-refractivity contribution in [1.82, 2.24) is 14.6 Å². The van der Waals surface area contributed by atoms with Crippen LogP contribution < -0.4 is 10.1 Å². The van der Waals surface area contributed by atoms with E-state index in [4.69, 9.17) is 10.00 Å². The number of nitrogens with one attached hydrogen (secondary N) is 1. The van der Waals surface area contributed by atoms with Crippen LogP contribution in [0.4, 0.5) is 4.39 Å². The summed E-state index contributed by atoms with van der Waals surface area (Å²) < 4.78 is 45.8. The number of hydrogen-bond acceptors (Lipinski definition) is 6. The van der Waals surface area contributed by atoms with E-state index in [1.165, 1.54) is 49.6 Å². The Morgan fingerprint density at radius 1 is 1.22 bits per heavy atom. The number of ether oxygens (including phenoxy) is 1. The Morgan fingerprint density at radius 3 is 2.59 bits per heavy atom. The SMILES string of the molecule is CN(CC(=O)NCc1ccc(Oc2cccnc2)c(F)c1)S(=O)(=O)c1ccc(C#N)cc1. The fraction of sp³-hybridized carbons (Fsp3) is 0.136. The van der Waals surface area contributed by atoms with E-state index in [9.17, 15) is 17.6 Å². The van der Waals surface area contributed by atoms with Crippen LogP contribution in [0.25, 0.3) is 0 Å². The molecule has 0 fully saturated rings. The molecule has 32 heavy (non-hydrogen) atoms. The number of carbonyl (C=O) groups excluding carboxylic acids is 1. The van der Waals surface area contributed by atoms with Crippen molar-refractivity contribution in [2.45, 2.75) is 11.4 Å². The maximum atomic E-state index is 14.3. The molecule has 1 N–H and O–H groups in total. The number of sulfonamides is 1. The van der Waals surface area contributed by atoms with Gasteiger partial charge in [-0.05, 0) is 54.1 Å². The first-order valence-electron chi connectivity index (χ1n) is 9.39. The van der Waals surface area contributed by atoms with E-state index in [2.05, 4.69) is 10.3 Å². The molecule has 164 valence electrons. The Hall–Kier alpha value is -3.81. The zero-order chi connectivity index (χ0) is 23.1. The lowest BCUT2D eigenvalue weighted by atomic mass is 10.2. The number of pyridine rings is 1. The number of nitriles is 1. The van der Waals surface area contributed by atoms with E-state index < -0.39 is 28.3 Å². The quantitative estimate of drug-likeness (QED) is 0.560. The molecule has 3 aromatic rings. The van der Waals surface area contributed by atoms with Gasteiger partial charge < -0.3 is 10.1 Å². The first-order chi connectivity index (χ1) is 15.3. The minimum absolute atomic E-state index is 0.00762. The normalized spacial score (nSPS) is 11.1. The lowest BCUT2D eigenvalue weighted by Crippen LogP contribution is -2.38. The summed E-state index contributed by atoms with van der Waals surface area (Å²) in [6, 6.07) is 14.8. The van der Waals surface area contributed by atoms with Crippen molar-refractivity contribution in [3.05, 3.63) is 83.9 Å². The molecule has 0 spiro atoms. The molecule has 1 heterocycles. The van der Waals surface area contributed by atoms with E-state index in [1.54, 1.807) is 24.4 Å². The molecule has 10 heteroatoms. The number of hydrogen-bond donors (Lipinski definition) is 1. The number of aromatic nitrogens is 1. The van der Waals surface area contributed by atoms with Crippen LogP contribution in [0.1, 0.15) is 11.1 Å². The van der Waals surface area contributed by atoms with Crippen molar-refractivity contribution < 1.29 is 22.3 Å². The molecule has 1 aromatic heterocycles. The van der Waals surface area contributed by atoms with Crippen molar-refractivity contribution in [2.24, 2.45) is 0 Å². The van der Waals surface area contributed by atoms with Gasteiger partial charge in [0.25, 0.3) is 0 Å². The summed E-state index contributed by atoms with van der Waals surface area (Å²) in [6.45, 7) is -0.416. The Balaban J connectivity index is 1.57. The summed E-state index contributed by atoms with van der Waals surface area (Å²) in [7, 11) is -2.63. The molecule has 2 aromatic carbocycles. The van der Waals surface area contributed by atoms with Crippen molar-refractivity contribution in [3.8, 4) is 17.6 Å². The molecule has 8 nitrogen and oxygen atoms in total. The predicted molar refractivity (Wildman–Crippen MR) is 114 cm³/mol. The Labute approximate surface area is 184 Å². The summed E-state index contributed by atoms with van der Waals surface area (Å²) in [5.41, 5.74) is 0.806. The van der Waals surface area contributed by atoms with Crippen molar-refractivity contribution in [2.75, 3.05) is 13.6 Å². The second-order valence-corrected chi connectivity index (χ2v) is 8.77. The van der Waals surface area contributed by atoms with Crippen LogP contribution in [0.2, 0.25) is 0 Å². The van der Waals surface area contributed by atoms with E-state index >= 15 is 0 Å². The zero-order valence-electron chi connectivity index (χ0n) is 17.0. The van der Waals surface area contributed by atoms with Gasteiger partial charge in [0.2, 0.25) is 15.9 Å². The number of halogens is 1. The maximum Gasteiger partial charge on any atom is 0.243 e. The van der Waals surface area contributed by atoms with E-state index in [0.29, 0.717) is 16.9 Å². The van der Waals surface area contributed by atoms with Gasteiger partial charge in [0, 0.05) is 19.8 Å². The minimum atomic E-state index is -3.90. The van der Waals surface area contributed by atoms with Crippen LogP contribution in [0.3, 0.4) is 0 Å². The number of benzene rings is 2. The first kappa shape index (κ1) is 22.9. The largest absolute Gasteiger partial charge is 0.453 e. The average molecular weight is 454 g/mol. The molecular formula is C22H19FN4O4S. The minimum Gasteiger partial charge on any atom is -0.453 e. The molecule has 0 unspecified atom stereocenters. The molecule has 3 rings (SSSR count). The molecule has 0 aliphatic carbocycles. The molecule has 0 atom stereocenters.